The SMILES string of the molecule is Cc1ccc(C(O)C(=O)N2CCNCC2)s1. The highest BCUT2D eigenvalue weighted by Crippen LogP contribution is 2.24. The van der Waals surface area contributed by atoms with Crippen molar-refractivity contribution in [3.8, 4) is 0 Å². The molecule has 1 amide bonds. The Kier molecular flexibility index (Phi) is 3.58. The van der Waals surface area contributed by atoms with E-state index in [0.29, 0.717) is 13.1 Å². The summed E-state index contributed by atoms with van der Waals surface area (Å²) in [5.74, 6) is -0.177. The number of nitrogens with zero attached hydrogens (tertiary/aromatic N) is 1. The third-order valence-electron chi connectivity index (χ3n) is 2.69. The van der Waals surface area contributed by atoms with Gasteiger partial charge in [0.15, 0.2) is 6.10 Å². The van der Waals surface area contributed by atoms with Crippen LogP contribution in [0.1, 0.15) is 15.9 Å². The van der Waals surface area contributed by atoms with Crippen molar-refractivity contribution in [2.24, 2.45) is 0 Å². The van der Waals surface area contributed by atoms with E-state index in [0.717, 1.165) is 22.8 Å². The van der Waals surface area contributed by atoms with Crippen LogP contribution < -0.4 is 5.32 Å². The number of nitrogens with one attached hydrogen (secondary N) is 1. The second kappa shape index (κ2) is 4.95. The number of rotatable bonds is 2. The van der Waals surface area contributed by atoms with Crippen LogP contribution in [-0.2, 0) is 4.79 Å². The number of hydrogen-bond donors (Lipinski definition) is 2. The number of thiophene rings is 1. The van der Waals surface area contributed by atoms with Crippen LogP contribution in [0.2, 0.25) is 0 Å². The molecular weight excluding hydrogens is 224 g/mol. The van der Waals surface area contributed by atoms with Crippen molar-refractivity contribution in [3.05, 3.63) is 21.9 Å². The molecule has 0 aromatic carbocycles. The summed E-state index contributed by atoms with van der Waals surface area (Å²) in [4.78, 5) is 15.5. The molecule has 16 heavy (non-hydrogen) atoms. The maximum absolute atomic E-state index is 12.0. The van der Waals surface area contributed by atoms with Gasteiger partial charge in [-0.3, -0.25) is 4.79 Å². The Bertz CT molecular complexity index is 372. The fourth-order valence-electron chi connectivity index (χ4n) is 1.78. The van der Waals surface area contributed by atoms with E-state index in [1.165, 1.54) is 11.3 Å². The molecule has 2 rings (SSSR count). The maximum Gasteiger partial charge on any atom is 0.256 e. The van der Waals surface area contributed by atoms with E-state index in [4.69, 9.17) is 0 Å². The van der Waals surface area contributed by atoms with Crippen LogP contribution in [-0.4, -0.2) is 42.1 Å². The number of piperazine rings is 1. The number of aliphatic hydroxyl groups excluding tert-OH is 1. The fourth-order valence-corrected chi connectivity index (χ4v) is 2.64. The topological polar surface area (TPSA) is 52.6 Å². The molecule has 2 N–H and O–H groups in total. The second-order valence-corrected chi connectivity index (χ2v) is 5.25. The summed E-state index contributed by atoms with van der Waals surface area (Å²) in [6, 6.07) is 3.75. The zero-order chi connectivity index (χ0) is 11.5. The standard InChI is InChI=1S/C11H16N2O2S/c1-8-2-3-9(16-8)10(14)11(15)13-6-4-12-5-7-13/h2-3,10,12,14H,4-7H2,1H3. The average molecular weight is 240 g/mol. The van der Waals surface area contributed by atoms with E-state index >= 15 is 0 Å². The predicted octanol–water partition coefficient (Wildman–Crippen LogP) is 0.522. The minimum absolute atomic E-state index is 0.177. The Labute approximate surface area is 98.9 Å². The van der Waals surface area contributed by atoms with Gasteiger partial charge in [-0.15, -0.1) is 11.3 Å². The first-order chi connectivity index (χ1) is 7.68. The molecule has 2 heterocycles. The molecule has 1 aliphatic rings. The molecule has 88 valence electrons. The van der Waals surface area contributed by atoms with Crippen molar-refractivity contribution in [2.75, 3.05) is 26.2 Å². The van der Waals surface area contributed by atoms with Gasteiger partial charge in [-0.1, -0.05) is 0 Å². The van der Waals surface area contributed by atoms with Gasteiger partial charge in [-0.05, 0) is 19.1 Å². The van der Waals surface area contributed by atoms with Crippen LogP contribution in [0.4, 0.5) is 0 Å². The molecule has 1 saturated heterocycles. The van der Waals surface area contributed by atoms with Crippen LogP contribution in [0.15, 0.2) is 12.1 Å². The van der Waals surface area contributed by atoms with Gasteiger partial charge in [-0.25, -0.2) is 0 Å². The Morgan fingerprint density at radius 1 is 1.50 bits per heavy atom. The molecule has 0 saturated carbocycles. The highest BCUT2D eigenvalue weighted by atomic mass is 32.1. The van der Waals surface area contributed by atoms with Gasteiger partial charge in [0.1, 0.15) is 0 Å². The van der Waals surface area contributed by atoms with Gasteiger partial charge < -0.3 is 15.3 Å². The van der Waals surface area contributed by atoms with Crippen molar-refractivity contribution < 1.29 is 9.90 Å². The van der Waals surface area contributed by atoms with Crippen LogP contribution in [0.3, 0.4) is 0 Å². The van der Waals surface area contributed by atoms with Crippen LogP contribution in [0, 0.1) is 6.92 Å². The monoisotopic (exact) mass is 240 g/mol. The number of amides is 1. The van der Waals surface area contributed by atoms with Crippen LogP contribution in [0.25, 0.3) is 0 Å². The molecule has 0 aliphatic carbocycles. The summed E-state index contributed by atoms with van der Waals surface area (Å²) >= 11 is 1.48. The van der Waals surface area contributed by atoms with Crippen molar-refractivity contribution in [3.63, 3.8) is 0 Å². The molecule has 1 atom stereocenters. The first-order valence-corrected chi connectivity index (χ1v) is 6.24. The first-order valence-electron chi connectivity index (χ1n) is 5.42. The highest BCUT2D eigenvalue weighted by Gasteiger charge is 2.25. The third-order valence-corrected chi connectivity index (χ3v) is 3.75. The molecule has 0 spiro atoms. The lowest BCUT2D eigenvalue weighted by Gasteiger charge is -2.28. The Morgan fingerprint density at radius 3 is 2.75 bits per heavy atom. The van der Waals surface area contributed by atoms with Gasteiger partial charge in [0.25, 0.3) is 5.91 Å². The molecule has 1 aromatic rings. The molecule has 1 aliphatic heterocycles. The fraction of sp³-hybridized carbons (Fsp3) is 0.545. The Hall–Kier alpha value is -0.910. The number of aryl methyl sites for hydroxylation is 1. The highest BCUT2D eigenvalue weighted by molar-refractivity contribution is 7.12. The lowest BCUT2D eigenvalue weighted by Crippen LogP contribution is -2.47. The van der Waals surface area contributed by atoms with Gasteiger partial charge in [0, 0.05) is 35.9 Å². The number of carbonyl (C=O) groups is 1. The van der Waals surface area contributed by atoms with E-state index in [9.17, 15) is 9.90 Å². The van der Waals surface area contributed by atoms with E-state index in [2.05, 4.69) is 5.32 Å². The molecular formula is C11H16N2O2S. The van der Waals surface area contributed by atoms with Crippen molar-refractivity contribution in [1.29, 1.82) is 0 Å². The molecule has 1 fully saturated rings. The Balaban J connectivity index is 2.03. The van der Waals surface area contributed by atoms with Crippen LogP contribution in [0.5, 0.6) is 0 Å². The molecule has 0 radical (unpaired) electrons. The second-order valence-electron chi connectivity index (χ2n) is 3.93. The summed E-state index contributed by atoms with van der Waals surface area (Å²) in [5, 5.41) is 13.1. The predicted molar refractivity (Wildman–Crippen MR) is 63.5 cm³/mol. The largest absolute Gasteiger partial charge is 0.378 e. The smallest absolute Gasteiger partial charge is 0.256 e. The van der Waals surface area contributed by atoms with Gasteiger partial charge in [0.05, 0.1) is 0 Å². The minimum Gasteiger partial charge on any atom is -0.378 e. The number of carbonyl (C=O) groups excluding carboxylic acids is 1. The van der Waals surface area contributed by atoms with Gasteiger partial charge in [-0.2, -0.15) is 0 Å². The van der Waals surface area contributed by atoms with Crippen molar-refractivity contribution in [1.82, 2.24) is 10.2 Å². The summed E-state index contributed by atoms with van der Waals surface area (Å²) in [6.07, 6.45) is -0.989. The van der Waals surface area contributed by atoms with E-state index in [-0.39, 0.29) is 5.91 Å². The lowest BCUT2D eigenvalue weighted by atomic mass is 10.2. The third kappa shape index (κ3) is 2.42. The van der Waals surface area contributed by atoms with E-state index in [1.807, 2.05) is 19.1 Å². The summed E-state index contributed by atoms with van der Waals surface area (Å²) in [5.41, 5.74) is 0. The van der Waals surface area contributed by atoms with Crippen LogP contribution >= 0.6 is 11.3 Å². The lowest BCUT2D eigenvalue weighted by molar-refractivity contribution is -0.140. The molecule has 1 aromatic heterocycles. The summed E-state index contributed by atoms with van der Waals surface area (Å²) < 4.78 is 0. The normalized spacial score (nSPS) is 18.5. The minimum atomic E-state index is -0.989. The number of aliphatic hydroxyl groups is 1. The average Bonchev–Trinajstić information content (AvgIpc) is 2.75. The van der Waals surface area contributed by atoms with Gasteiger partial charge in [0.2, 0.25) is 0 Å². The molecule has 0 bridgehead atoms. The maximum atomic E-state index is 12.0. The quantitative estimate of drug-likeness (QED) is 0.792. The first kappa shape index (κ1) is 11.6. The molecule has 4 nitrogen and oxygen atoms in total. The zero-order valence-electron chi connectivity index (χ0n) is 9.27. The Morgan fingerprint density at radius 2 is 2.19 bits per heavy atom. The van der Waals surface area contributed by atoms with E-state index in [1.54, 1.807) is 4.90 Å². The van der Waals surface area contributed by atoms with Crippen molar-refractivity contribution in [2.45, 2.75) is 13.0 Å². The van der Waals surface area contributed by atoms with Crippen molar-refractivity contribution >= 4 is 17.2 Å². The zero-order valence-corrected chi connectivity index (χ0v) is 10.1. The number of hydrogen-bond acceptors (Lipinski definition) is 4. The molecule has 1 unspecified atom stereocenters. The molecule has 5 heteroatoms. The summed E-state index contributed by atoms with van der Waals surface area (Å²) in [6.45, 7) is 4.94. The van der Waals surface area contributed by atoms with Gasteiger partial charge >= 0.3 is 0 Å². The van der Waals surface area contributed by atoms with E-state index < -0.39 is 6.10 Å². The summed E-state index contributed by atoms with van der Waals surface area (Å²) in [7, 11) is 0.